The van der Waals surface area contributed by atoms with Gasteiger partial charge in [-0.15, -0.1) is 11.3 Å². The van der Waals surface area contributed by atoms with Crippen LogP contribution in [0.1, 0.15) is 48.2 Å². The zero-order chi connectivity index (χ0) is 16.7. The molecule has 1 aromatic heterocycles. The Morgan fingerprint density at radius 2 is 1.83 bits per heavy atom. The van der Waals surface area contributed by atoms with Gasteiger partial charge in [-0.05, 0) is 67.2 Å². The van der Waals surface area contributed by atoms with E-state index in [4.69, 9.17) is 0 Å². The quantitative estimate of drug-likeness (QED) is 0.890. The van der Waals surface area contributed by atoms with Crippen molar-refractivity contribution in [3.63, 3.8) is 0 Å². The number of rotatable bonds is 5. The molecule has 0 unspecified atom stereocenters. The second-order valence-electron chi connectivity index (χ2n) is 7.91. The highest BCUT2D eigenvalue weighted by Gasteiger charge is 2.50. The first-order valence-corrected chi connectivity index (χ1v) is 10.1. The van der Waals surface area contributed by atoms with Crippen molar-refractivity contribution in [1.82, 2.24) is 10.2 Å². The number of hydrogen-bond donors (Lipinski definition) is 1. The van der Waals surface area contributed by atoms with Gasteiger partial charge in [-0.25, -0.2) is 0 Å². The van der Waals surface area contributed by atoms with Crippen LogP contribution in [0, 0.1) is 23.7 Å². The minimum absolute atomic E-state index is 0.0740. The van der Waals surface area contributed by atoms with Crippen molar-refractivity contribution in [2.24, 2.45) is 23.7 Å². The van der Waals surface area contributed by atoms with Crippen molar-refractivity contribution < 1.29 is 9.59 Å². The Bertz CT molecular complexity index is 585. The molecule has 1 heterocycles. The van der Waals surface area contributed by atoms with Crippen LogP contribution in [0.5, 0.6) is 0 Å². The number of carbonyl (C=O) groups excluding carboxylic acids is 2. The molecule has 5 heteroatoms. The van der Waals surface area contributed by atoms with Crippen LogP contribution in [0.15, 0.2) is 17.5 Å². The highest BCUT2D eigenvalue weighted by atomic mass is 32.1. The molecular formula is C19H26N2O2S. The number of nitrogens with one attached hydrogen (secondary N) is 1. The topological polar surface area (TPSA) is 49.4 Å². The molecule has 4 saturated carbocycles. The zero-order valence-electron chi connectivity index (χ0n) is 14.2. The van der Waals surface area contributed by atoms with E-state index >= 15 is 0 Å². The van der Waals surface area contributed by atoms with Crippen LogP contribution in [-0.4, -0.2) is 36.3 Å². The summed E-state index contributed by atoms with van der Waals surface area (Å²) in [7, 11) is 1.98. The normalized spacial score (nSPS) is 33.5. The summed E-state index contributed by atoms with van der Waals surface area (Å²) in [4.78, 5) is 27.3. The highest BCUT2D eigenvalue weighted by molar-refractivity contribution is 7.12. The molecule has 4 nitrogen and oxygen atoms in total. The molecular weight excluding hydrogens is 320 g/mol. The lowest BCUT2D eigenvalue weighted by Crippen LogP contribution is -2.56. The van der Waals surface area contributed by atoms with E-state index in [9.17, 15) is 9.59 Å². The monoisotopic (exact) mass is 346 g/mol. The Morgan fingerprint density at radius 1 is 1.17 bits per heavy atom. The van der Waals surface area contributed by atoms with Gasteiger partial charge < -0.3 is 10.2 Å². The molecule has 0 atom stereocenters. The van der Waals surface area contributed by atoms with Crippen molar-refractivity contribution >= 4 is 23.2 Å². The molecule has 1 N–H and O–H groups in total. The molecule has 0 aliphatic heterocycles. The summed E-state index contributed by atoms with van der Waals surface area (Å²) >= 11 is 1.43. The molecule has 0 spiro atoms. The van der Waals surface area contributed by atoms with Crippen LogP contribution in [-0.2, 0) is 4.79 Å². The fraction of sp³-hybridized carbons (Fsp3) is 0.684. The summed E-state index contributed by atoms with van der Waals surface area (Å²) in [5, 5.41) is 4.75. The first-order chi connectivity index (χ1) is 11.6. The van der Waals surface area contributed by atoms with E-state index in [2.05, 4.69) is 5.32 Å². The van der Waals surface area contributed by atoms with Crippen LogP contribution in [0.25, 0.3) is 0 Å². The van der Waals surface area contributed by atoms with Crippen LogP contribution in [0.3, 0.4) is 0 Å². The van der Waals surface area contributed by atoms with Crippen LogP contribution in [0.4, 0.5) is 0 Å². The molecule has 1 aromatic rings. The van der Waals surface area contributed by atoms with Gasteiger partial charge in [0.15, 0.2) is 0 Å². The molecule has 4 bridgehead atoms. The minimum atomic E-state index is -0.0740. The van der Waals surface area contributed by atoms with Crippen molar-refractivity contribution in [2.45, 2.75) is 44.6 Å². The van der Waals surface area contributed by atoms with E-state index in [0.29, 0.717) is 23.9 Å². The van der Waals surface area contributed by atoms with Gasteiger partial charge in [0.05, 0.1) is 4.88 Å². The third-order valence-electron chi connectivity index (χ3n) is 6.39. The SMILES string of the molecule is CN(C(=O)CCNC(=O)c1cccs1)C1C2CC3CC(C2)CC1C3. The largest absolute Gasteiger partial charge is 0.351 e. The molecule has 24 heavy (non-hydrogen) atoms. The number of amides is 2. The molecule has 4 fully saturated rings. The van der Waals surface area contributed by atoms with E-state index in [1.165, 1.54) is 43.4 Å². The summed E-state index contributed by atoms with van der Waals surface area (Å²) in [6, 6.07) is 4.12. The lowest BCUT2D eigenvalue weighted by Gasteiger charge is -2.56. The number of thiophene rings is 1. The van der Waals surface area contributed by atoms with Crippen LogP contribution in [0.2, 0.25) is 0 Å². The summed E-state index contributed by atoms with van der Waals surface area (Å²) in [6.45, 7) is 0.424. The summed E-state index contributed by atoms with van der Waals surface area (Å²) in [5.41, 5.74) is 0. The highest BCUT2D eigenvalue weighted by Crippen LogP contribution is 2.54. The van der Waals surface area contributed by atoms with Crippen LogP contribution < -0.4 is 5.32 Å². The van der Waals surface area contributed by atoms with Gasteiger partial charge in [0.1, 0.15) is 0 Å². The first-order valence-electron chi connectivity index (χ1n) is 9.19. The van der Waals surface area contributed by atoms with Gasteiger partial charge in [0, 0.05) is 26.1 Å². The van der Waals surface area contributed by atoms with Gasteiger partial charge in [-0.3, -0.25) is 9.59 Å². The molecule has 5 rings (SSSR count). The average molecular weight is 346 g/mol. The Hall–Kier alpha value is -1.36. The minimum Gasteiger partial charge on any atom is -0.351 e. The van der Waals surface area contributed by atoms with Crippen molar-refractivity contribution in [3.8, 4) is 0 Å². The predicted molar refractivity (Wildman–Crippen MR) is 94.9 cm³/mol. The van der Waals surface area contributed by atoms with E-state index in [1.807, 2.05) is 29.5 Å². The number of hydrogen-bond acceptors (Lipinski definition) is 3. The Labute approximate surface area is 147 Å². The second kappa shape index (κ2) is 6.51. The Kier molecular flexibility index (Phi) is 4.37. The van der Waals surface area contributed by atoms with Gasteiger partial charge in [-0.2, -0.15) is 0 Å². The van der Waals surface area contributed by atoms with Crippen molar-refractivity contribution in [3.05, 3.63) is 22.4 Å². The van der Waals surface area contributed by atoms with E-state index in [-0.39, 0.29) is 11.8 Å². The fourth-order valence-electron chi connectivity index (χ4n) is 5.65. The third kappa shape index (κ3) is 2.99. The van der Waals surface area contributed by atoms with E-state index in [0.717, 1.165) is 23.7 Å². The maximum Gasteiger partial charge on any atom is 0.261 e. The fourth-order valence-corrected chi connectivity index (χ4v) is 6.29. The maximum atomic E-state index is 12.6. The maximum absolute atomic E-state index is 12.6. The van der Waals surface area contributed by atoms with Crippen molar-refractivity contribution in [2.75, 3.05) is 13.6 Å². The van der Waals surface area contributed by atoms with Gasteiger partial charge >= 0.3 is 0 Å². The number of nitrogens with zero attached hydrogens (tertiary/aromatic N) is 1. The van der Waals surface area contributed by atoms with E-state index < -0.39 is 0 Å². The molecule has 4 aliphatic rings. The van der Waals surface area contributed by atoms with E-state index in [1.54, 1.807) is 0 Å². The Balaban J connectivity index is 1.29. The zero-order valence-corrected chi connectivity index (χ0v) is 15.1. The standard InChI is InChI=1S/C19H26N2O2S/c1-21(17(22)4-5-20-19(23)16-3-2-6-24-16)18-14-8-12-7-13(10-14)11-15(18)9-12/h2-3,6,12-15,18H,4-5,7-11H2,1H3,(H,20,23). The van der Waals surface area contributed by atoms with Crippen LogP contribution >= 0.6 is 11.3 Å². The van der Waals surface area contributed by atoms with Crippen molar-refractivity contribution in [1.29, 1.82) is 0 Å². The summed E-state index contributed by atoms with van der Waals surface area (Å²) < 4.78 is 0. The molecule has 2 amide bonds. The lowest BCUT2D eigenvalue weighted by atomic mass is 9.54. The summed E-state index contributed by atoms with van der Waals surface area (Å²) in [5.74, 6) is 3.40. The van der Waals surface area contributed by atoms with Gasteiger partial charge in [-0.1, -0.05) is 6.07 Å². The third-order valence-corrected chi connectivity index (χ3v) is 7.26. The summed E-state index contributed by atoms with van der Waals surface area (Å²) in [6.07, 6.45) is 7.13. The predicted octanol–water partition coefficient (Wildman–Crippen LogP) is 3.15. The molecule has 0 aromatic carbocycles. The first kappa shape index (κ1) is 16.1. The molecule has 0 radical (unpaired) electrons. The molecule has 4 aliphatic carbocycles. The van der Waals surface area contributed by atoms with Gasteiger partial charge in [0.25, 0.3) is 5.91 Å². The molecule has 130 valence electrons. The number of carbonyl (C=O) groups is 2. The second-order valence-corrected chi connectivity index (χ2v) is 8.86. The average Bonchev–Trinajstić information content (AvgIpc) is 3.08. The molecule has 0 saturated heterocycles. The lowest BCUT2D eigenvalue weighted by molar-refractivity contribution is -0.140. The Morgan fingerprint density at radius 3 is 2.42 bits per heavy atom. The van der Waals surface area contributed by atoms with Gasteiger partial charge in [0.2, 0.25) is 5.91 Å². The smallest absolute Gasteiger partial charge is 0.261 e.